The number of pyridine rings is 1. The average molecular weight is 439 g/mol. The van der Waals surface area contributed by atoms with Gasteiger partial charge in [0.15, 0.2) is 0 Å². The van der Waals surface area contributed by atoms with E-state index in [0.29, 0.717) is 18.2 Å². The second-order valence-corrected chi connectivity index (χ2v) is 8.33. The molecular weight excluding hydrogens is 412 g/mol. The maximum Gasteiger partial charge on any atom is 0.229 e. The van der Waals surface area contributed by atoms with Crippen molar-refractivity contribution in [2.45, 2.75) is 18.3 Å². The van der Waals surface area contributed by atoms with Crippen LogP contribution in [0, 0.1) is 5.41 Å². The predicted octanol–water partition coefficient (Wildman–Crippen LogP) is 3.14. The molecule has 0 bridgehead atoms. The van der Waals surface area contributed by atoms with Crippen LogP contribution < -0.4 is 16.4 Å². The first kappa shape index (κ1) is 20.8. The molecule has 1 aromatic carbocycles. The standard InChI is InChI=1S/C25H26N8/c1-28-14-19(13-26)31-24-32-22(20-7-9-30-23(20)33-24)16-6-8-29-21(10-16)25(15-27)11-17-4-2-3-5-18(17)12-25/h2-10,13-14,26,28H,11-12,15,27H2,1H3,(H2,30,31,32,33)/b19-14+,26-13?. The molecule has 0 radical (unpaired) electrons. The van der Waals surface area contributed by atoms with E-state index in [1.54, 1.807) is 13.2 Å². The van der Waals surface area contributed by atoms with Gasteiger partial charge in [-0.1, -0.05) is 24.3 Å². The number of nitrogens with two attached hydrogens (primary N) is 1. The summed E-state index contributed by atoms with van der Waals surface area (Å²) in [4.78, 5) is 17.3. The highest BCUT2D eigenvalue weighted by molar-refractivity contribution is 5.92. The lowest BCUT2D eigenvalue weighted by Crippen LogP contribution is -2.36. The van der Waals surface area contributed by atoms with Gasteiger partial charge in [-0.2, -0.15) is 4.98 Å². The second kappa shape index (κ2) is 8.48. The van der Waals surface area contributed by atoms with E-state index in [1.807, 2.05) is 24.5 Å². The number of hydrogen-bond acceptors (Lipinski definition) is 7. The number of hydrogen-bond donors (Lipinski definition) is 5. The number of H-pyrrole nitrogens is 1. The third kappa shape index (κ3) is 3.74. The SMILES string of the molecule is CN/C=C(\C=N)Nc1nc(-c2ccnc(C3(CN)Cc4ccccc4C3)c2)c2cc[nH]c2n1. The van der Waals surface area contributed by atoms with E-state index < -0.39 is 0 Å². The normalized spacial score (nSPS) is 14.8. The Morgan fingerprint density at radius 1 is 1.18 bits per heavy atom. The Morgan fingerprint density at radius 2 is 1.97 bits per heavy atom. The molecule has 3 aromatic heterocycles. The Bertz CT molecular complexity index is 1330. The second-order valence-electron chi connectivity index (χ2n) is 8.33. The summed E-state index contributed by atoms with van der Waals surface area (Å²) in [5.41, 5.74) is 12.8. The molecule has 6 N–H and O–H groups in total. The molecule has 33 heavy (non-hydrogen) atoms. The van der Waals surface area contributed by atoms with Gasteiger partial charge < -0.3 is 26.8 Å². The third-order valence-corrected chi connectivity index (χ3v) is 6.27. The van der Waals surface area contributed by atoms with Gasteiger partial charge in [-0.3, -0.25) is 4.98 Å². The summed E-state index contributed by atoms with van der Waals surface area (Å²) in [5, 5.41) is 14.5. The highest BCUT2D eigenvalue weighted by Gasteiger charge is 2.39. The number of rotatable bonds is 7. The number of aromatic nitrogens is 4. The van der Waals surface area contributed by atoms with Gasteiger partial charge in [-0.15, -0.1) is 0 Å². The van der Waals surface area contributed by atoms with Gasteiger partial charge in [0.2, 0.25) is 5.95 Å². The smallest absolute Gasteiger partial charge is 0.229 e. The van der Waals surface area contributed by atoms with Crippen molar-refractivity contribution in [3.63, 3.8) is 0 Å². The maximum atomic E-state index is 7.61. The lowest BCUT2D eigenvalue weighted by Gasteiger charge is -2.27. The van der Waals surface area contributed by atoms with E-state index >= 15 is 0 Å². The highest BCUT2D eigenvalue weighted by Crippen LogP contribution is 2.39. The summed E-state index contributed by atoms with van der Waals surface area (Å²) in [6.45, 7) is 0.520. The molecule has 3 heterocycles. The Balaban J connectivity index is 1.58. The summed E-state index contributed by atoms with van der Waals surface area (Å²) in [6.07, 6.45) is 8.34. The number of nitrogens with zero attached hydrogens (tertiary/aromatic N) is 3. The van der Waals surface area contributed by atoms with Crippen LogP contribution in [0.1, 0.15) is 16.8 Å². The van der Waals surface area contributed by atoms with Crippen LogP contribution in [0.25, 0.3) is 22.3 Å². The minimum Gasteiger partial charge on any atom is -0.392 e. The van der Waals surface area contributed by atoms with E-state index in [0.717, 1.165) is 40.8 Å². The lowest BCUT2D eigenvalue weighted by molar-refractivity contribution is 0.450. The number of anilines is 1. The zero-order chi connectivity index (χ0) is 22.8. The zero-order valence-electron chi connectivity index (χ0n) is 18.4. The summed E-state index contributed by atoms with van der Waals surface area (Å²) in [7, 11) is 1.78. The van der Waals surface area contributed by atoms with Crippen molar-refractivity contribution < 1.29 is 0 Å². The van der Waals surface area contributed by atoms with Gasteiger partial charge in [0.1, 0.15) is 5.65 Å². The van der Waals surface area contributed by atoms with Gasteiger partial charge in [0, 0.05) is 60.5 Å². The van der Waals surface area contributed by atoms with Crippen LogP contribution in [-0.4, -0.2) is 39.7 Å². The molecule has 4 aromatic rings. The molecule has 0 aliphatic heterocycles. The van der Waals surface area contributed by atoms with E-state index in [-0.39, 0.29) is 5.41 Å². The molecule has 0 spiro atoms. The van der Waals surface area contributed by atoms with Crippen molar-refractivity contribution in [1.29, 1.82) is 5.41 Å². The van der Waals surface area contributed by atoms with Crippen LogP contribution in [0.2, 0.25) is 0 Å². The summed E-state index contributed by atoms with van der Waals surface area (Å²) in [5.74, 6) is 0.408. The Hall–Kier alpha value is -4.04. The quantitative estimate of drug-likeness (QED) is 0.282. The summed E-state index contributed by atoms with van der Waals surface area (Å²) >= 11 is 0. The maximum absolute atomic E-state index is 7.61. The molecule has 0 saturated heterocycles. The number of aromatic amines is 1. The van der Waals surface area contributed by atoms with Crippen molar-refractivity contribution >= 4 is 23.2 Å². The van der Waals surface area contributed by atoms with Crippen molar-refractivity contribution in [3.8, 4) is 11.3 Å². The van der Waals surface area contributed by atoms with Crippen LogP contribution in [0.15, 0.2) is 66.8 Å². The molecule has 0 fully saturated rings. The number of allylic oxidation sites excluding steroid dienone is 1. The zero-order valence-corrected chi connectivity index (χ0v) is 18.4. The van der Waals surface area contributed by atoms with Gasteiger partial charge in [-0.05, 0) is 42.2 Å². The average Bonchev–Trinajstić information content (AvgIpc) is 3.48. The van der Waals surface area contributed by atoms with E-state index in [9.17, 15) is 0 Å². The Kier molecular flexibility index (Phi) is 5.35. The molecule has 1 aliphatic rings. The number of benzene rings is 1. The van der Waals surface area contributed by atoms with Gasteiger partial charge >= 0.3 is 0 Å². The van der Waals surface area contributed by atoms with E-state index in [4.69, 9.17) is 21.1 Å². The molecule has 0 unspecified atom stereocenters. The molecule has 0 saturated carbocycles. The minimum absolute atomic E-state index is 0.228. The van der Waals surface area contributed by atoms with Crippen LogP contribution in [0.4, 0.5) is 5.95 Å². The fourth-order valence-electron chi connectivity index (χ4n) is 4.61. The third-order valence-electron chi connectivity index (χ3n) is 6.27. The first-order chi connectivity index (χ1) is 16.2. The Morgan fingerprint density at radius 3 is 2.67 bits per heavy atom. The van der Waals surface area contributed by atoms with E-state index in [1.165, 1.54) is 17.3 Å². The summed E-state index contributed by atoms with van der Waals surface area (Å²) < 4.78 is 0. The van der Waals surface area contributed by atoms with Crippen LogP contribution in [-0.2, 0) is 18.3 Å². The van der Waals surface area contributed by atoms with Gasteiger partial charge in [-0.25, -0.2) is 4.98 Å². The van der Waals surface area contributed by atoms with Crippen molar-refractivity contribution in [3.05, 3.63) is 83.6 Å². The van der Waals surface area contributed by atoms with Crippen LogP contribution >= 0.6 is 0 Å². The van der Waals surface area contributed by atoms with E-state index in [2.05, 4.69) is 50.9 Å². The highest BCUT2D eigenvalue weighted by atomic mass is 15.1. The van der Waals surface area contributed by atoms with Crippen molar-refractivity contribution in [1.82, 2.24) is 25.3 Å². The van der Waals surface area contributed by atoms with Gasteiger partial charge in [0.05, 0.1) is 11.4 Å². The van der Waals surface area contributed by atoms with Gasteiger partial charge in [0.25, 0.3) is 0 Å². The van der Waals surface area contributed by atoms with Crippen LogP contribution in [0.3, 0.4) is 0 Å². The first-order valence-electron chi connectivity index (χ1n) is 10.9. The molecule has 8 nitrogen and oxygen atoms in total. The first-order valence-corrected chi connectivity index (χ1v) is 10.9. The molecular formula is C25H26N8. The lowest BCUT2D eigenvalue weighted by atomic mass is 9.80. The molecule has 166 valence electrons. The van der Waals surface area contributed by atoms with Crippen LogP contribution in [0.5, 0.6) is 0 Å². The van der Waals surface area contributed by atoms with Crippen molar-refractivity contribution in [2.75, 3.05) is 18.9 Å². The Labute approximate surface area is 191 Å². The largest absolute Gasteiger partial charge is 0.392 e. The molecule has 0 atom stereocenters. The predicted molar refractivity (Wildman–Crippen MR) is 131 cm³/mol. The monoisotopic (exact) mass is 438 g/mol. The number of nitrogens with one attached hydrogen (secondary N) is 4. The molecule has 0 amide bonds. The molecule has 8 heteroatoms. The fraction of sp³-hybridized carbons (Fsp3) is 0.200. The molecule has 5 rings (SSSR count). The molecule has 1 aliphatic carbocycles. The van der Waals surface area contributed by atoms with Crippen molar-refractivity contribution in [2.24, 2.45) is 5.73 Å². The topological polar surface area (TPSA) is 128 Å². The number of fused-ring (bicyclic) bond motifs is 2. The fourth-order valence-corrected chi connectivity index (χ4v) is 4.61. The minimum atomic E-state index is -0.228. The summed E-state index contributed by atoms with van der Waals surface area (Å²) in [6, 6.07) is 14.6.